The van der Waals surface area contributed by atoms with Crippen molar-refractivity contribution in [1.82, 2.24) is 9.78 Å². The number of ether oxygens (including phenoxy) is 1. The number of Topliss-reactive ketones (excluding diaryl/α,β-unsaturated/α-hetero) is 1. The van der Waals surface area contributed by atoms with Gasteiger partial charge in [-0.3, -0.25) is 9.48 Å². The standard InChI is InChI=1S/C12H19BrN2O2/c1-5-9-12(13)10(15(4)14-9)7-11(16)8(3)17-6-2/h8H,5-7H2,1-4H3. The van der Waals surface area contributed by atoms with Crippen molar-refractivity contribution in [2.24, 2.45) is 7.05 Å². The van der Waals surface area contributed by atoms with E-state index in [4.69, 9.17) is 4.74 Å². The number of hydrogen-bond acceptors (Lipinski definition) is 3. The van der Waals surface area contributed by atoms with E-state index in [0.29, 0.717) is 13.0 Å². The average Bonchev–Trinajstić information content (AvgIpc) is 2.56. The summed E-state index contributed by atoms with van der Waals surface area (Å²) in [5.41, 5.74) is 1.90. The summed E-state index contributed by atoms with van der Waals surface area (Å²) in [5, 5.41) is 4.36. The number of carbonyl (C=O) groups is 1. The first kappa shape index (κ1) is 14.4. The molecule has 1 atom stereocenters. The molecule has 0 aliphatic heterocycles. The molecule has 1 aromatic rings. The van der Waals surface area contributed by atoms with Crippen molar-refractivity contribution in [3.05, 3.63) is 15.9 Å². The Hall–Kier alpha value is -0.680. The Labute approximate surface area is 110 Å². The van der Waals surface area contributed by atoms with Gasteiger partial charge in [0.15, 0.2) is 5.78 Å². The molecule has 1 heterocycles. The normalized spacial score (nSPS) is 12.8. The number of hydrogen-bond donors (Lipinski definition) is 0. The largest absolute Gasteiger partial charge is 0.371 e. The Morgan fingerprint density at radius 3 is 2.65 bits per heavy atom. The van der Waals surface area contributed by atoms with Gasteiger partial charge >= 0.3 is 0 Å². The average molecular weight is 303 g/mol. The van der Waals surface area contributed by atoms with Gasteiger partial charge in [0.25, 0.3) is 0 Å². The van der Waals surface area contributed by atoms with Crippen LogP contribution in [-0.4, -0.2) is 28.3 Å². The van der Waals surface area contributed by atoms with E-state index in [9.17, 15) is 4.79 Å². The fourth-order valence-corrected chi connectivity index (χ4v) is 2.42. The maximum Gasteiger partial charge on any atom is 0.167 e. The predicted octanol–water partition coefficient (Wildman–Crippen LogP) is 2.28. The first-order valence-corrected chi connectivity index (χ1v) is 6.65. The van der Waals surface area contributed by atoms with E-state index in [2.05, 4.69) is 21.0 Å². The zero-order valence-electron chi connectivity index (χ0n) is 10.8. The molecule has 0 radical (unpaired) electrons. The molecule has 1 unspecified atom stereocenters. The van der Waals surface area contributed by atoms with Crippen molar-refractivity contribution in [2.45, 2.75) is 39.7 Å². The molecule has 0 bridgehead atoms. The second-order valence-corrected chi connectivity index (χ2v) is 4.72. The number of ketones is 1. The van der Waals surface area contributed by atoms with Crippen molar-refractivity contribution in [3.63, 3.8) is 0 Å². The SMILES string of the molecule is CCOC(C)C(=O)Cc1c(Br)c(CC)nn1C. The summed E-state index contributed by atoms with van der Waals surface area (Å²) in [6, 6.07) is 0. The Kier molecular flexibility index (Phi) is 5.33. The van der Waals surface area contributed by atoms with Crippen LogP contribution in [0.1, 0.15) is 32.2 Å². The third-order valence-corrected chi connectivity index (χ3v) is 3.63. The summed E-state index contributed by atoms with van der Waals surface area (Å²) < 4.78 is 8.00. The maximum atomic E-state index is 11.9. The van der Waals surface area contributed by atoms with Gasteiger partial charge in [0.05, 0.1) is 22.3 Å². The fourth-order valence-electron chi connectivity index (χ4n) is 1.66. The lowest BCUT2D eigenvalue weighted by molar-refractivity contribution is -0.128. The Morgan fingerprint density at radius 1 is 1.53 bits per heavy atom. The highest BCUT2D eigenvalue weighted by atomic mass is 79.9. The van der Waals surface area contributed by atoms with Crippen LogP contribution >= 0.6 is 15.9 Å². The van der Waals surface area contributed by atoms with Crippen LogP contribution in [0.3, 0.4) is 0 Å². The summed E-state index contributed by atoms with van der Waals surface area (Å²) in [5.74, 6) is 0.0817. The van der Waals surface area contributed by atoms with Crippen LogP contribution in [0.5, 0.6) is 0 Å². The molecule has 96 valence electrons. The van der Waals surface area contributed by atoms with E-state index in [1.807, 2.05) is 20.9 Å². The topological polar surface area (TPSA) is 44.1 Å². The zero-order chi connectivity index (χ0) is 13.0. The summed E-state index contributed by atoms with van der Waals surface area (Å²) >= 11 is 3.50. The molecular weight excluding hydrogens is 284 g/mol. The second-order valence-electron chi connectivity index (χ2n) is 3.93. The number of carbonyl (C=O) groups excluding carboxylic acids is 1. The Morgan fingerprint density at radius 2 is 2.18 bits per heavy atom. The smallest absolute Gasteiger partial charge is 0.167 e. The predicted molar refractivity (Wildman–Crippen MR) is 70.1 cm³/mol. The van der Waals surface area contributed by atoms with Gasteiger partial charge in [0.1, 0.15) is 6.10 Å². The van der Waals surface area contributed by atoms with Crippen molar-refractivity contribution in [3.8, 4) is 0 Å². The van der Waals surface area contributed by atoms with Crippen LogP contribution in [0, 0.1) is 0 Å². The first-order valence-electron chi connectivity index (χ1n) is 5.85. The molecular formula is C12H19BrN2O2. The fraction of sp³-hybridized carbons (Fsp3) is 0.667. The lowest BCUT2D eigenvalue weighted by Crippen LogP contribution is -2.23. The minimum absolute atomic E-state index is 0.0817. The summed E-state index contributed by atoms with van der Waals surface area (Å²) in [7, 11) is 1.86. The number of rotatable bonds is 6. The molecule has 4 nitrogen and oxygen atoms in total. The molecule has 0 spiro atoms. The van der Waals surface area contributed by atoms with Crippen LogP contribution < -0.4 is 0 Å². The molecule has 0 amide bonds. The van der Waals surface area contributed by atoms with Gasteiger partial charge < -0.3 is 4.74 Å². The number of aromatic nitrogens is 2. The van der Waals surface area contributed by atoms with Gasteiger partial charge in [-0.05, 0) is 36.2 Å². The van der Waals surface area contributed by atoms with Crippen LogP contribution in [0.15, 0.2) is 4.47 Å². The van der Waals surface area contributed by atoms with Crippen molar-refractivity contribution in [1.29, 1.82) is 0 Å². The number of halogens is 1. The van der Waals surface area contributed by atoms with E-state index >= 15 is 0 Å². The highest BCUT2D eigenvalue weighted by Gasteiger charge is 2.19. The van der Waals surface area contributed by atoms with E-state index in [-0.39, 0.29) is 11.9 Å². The van der Waals surface area contributed by atoms with Crippen LogP contribution in [0.4, 0.5) is 0 Å². The quantitative estimate of drug-likeness (QED) is 0.810. The highest BCUT2D eigenvalue weighted by molar-refractivity contribution is 9.10. The van der Waals surface area contributed by atoms with Gasteiger partial charge in [-0.15, -0.1) is 0 Å². The lowest BCUT2D eigenvalue weighted by atomic mass is 10.1. The molecule has 1 rings (SSSR count). The zero-order valence-corrected chi connectivity index (χ0v) is 12.4. The van der Waals surface area contributed by atoms with Crippen LogP contribution in [0.25, 0.3) is 0 Å². The number of aryl methyl sites for hydroxylation is 2. The number of nitrogens with zero attached hydrogens (tertiary/aromatic N) is 2. The van der Waals surface area contributed by atoms with Crippen molar-refractivity contribution in [2.75, 3.05) is 6.61 Å². The molecule has 0 aromatic carbocycles. The minimum atomic E-state index is -0.355. The third kappa shape index (κ3) is 3.39. The van der Waals surface area contributed by atoms with E-state index in [1.165, 1.54) is 0 Å². The highest BCUT2D eigenvalue weighted by Crippen LogP contribution is 2.22. The molecule has 0 aliphatic carbocycles. The summed E-state index contributed by atoms with van der Waals surface area (Å²) in [4.78, 5) is 11.9. The molecule has 17 heavy (non-hydrogen) atoms. The first-order chi connectivity index (χ1) is 8.01. The monoisotopic (exact) mass is 302 g/mol. The van der Waals surface area contributed by atoms with E-state index < -0.39 is 0 Å². The summed E-state index contributed by atoms with van der Waals surface area (Å²) in [6.45, 7) is 6.27. The molecule has 0 saturated carbocycles. The van der Waals surface area contributed by atoms with Crippen molar-refractivity contribution < 1.29 is 9.53 Å². The third-order valence-electron chi connectivity index (χ3n) is 2.71. The molecule has 0 saturated heterocycles. The van der Waals surface area contributed by atoms with Gasteiger partial charge in [-0.1, -0.05) is 6.92 Å². The van der Waals surface area contributed by atoms with Gasteiger partial charge in [-0.2, -0.15) is 5.10 Å². The van der Waals surface area contributed by atoms with Gasteiger partial charge in [0, 0.05) is 13.7 Å². The van der Waals surface area contributed by atoms with Gasteiger partial charge in [-0.25, -0.2) is 0 Å². The minimum Gasteiger partial charge on any atom is -0.371 e. The summed E-state index contributed by atoms with van der Waals surface area (Å²) in [6.07, 6.45) is 0.849. The Balaban J connectivity index is 2.81. The molecule has 0 fully saturated rings. The maximum absolute atomic E-state index is 11.9. The Bertz CT molecular complexity index is 401. The van der Waals surface area contributed by atoms with Crippen LogP contribution in [-0.2, 0) is 29.4 Å². The molecule has 1 aromatic heterocycles. The lowest BCUT2D eigenvalue weighted by Gasteiger charge is -2.10. The molecule has 5 heteroatoms. The van der Waals surface area contributed by atoms with Gasteiger partial charge in [0.2, 0.25) is 0 Å². The second kappa shape index (κ2) is 6.31. The molecule has 0 aliphatic rings. The van der Waals surface area contributed by atoms with E-state index in [1.54, 1.807) is 11.6 Å². The van der Waals surface area contributed by atoms with E-state index in [0.717, 1.165) is 22.3 Å². The molecule has 0 N–H and O–H groups in total. The van der Waals surface area contributed by atoms with Crippen molar-refractivity contribution >= 4 is 21.7 Å². The van der Waals surface area contributed by atoms with Crippen LogP contribution in [0.2, 0.25) is 0 Å².